The lowest BCUT2D eigenvalue weighted by molar-refractivity contribution is -0.123. The maximum atomic E-state index is 12.6. The molecule has 7 nitrogen and oxygen atoms in total. The lowest BCUT2D eigenvalue weighted by Gasteiger charge is -2.17. The van der Waals surface area contributed by atoms with Crippen LogP contribution in [0.25, 0.3) is 0 Å². The highest BCUT2D eigenvalue weighted by Crippen LogP contribution is 2.27. The Morgan fingerprint density at radius 1 is 1.14 bits per heavy atom. The minimum Gasteiger partial charge on any atom is -0.484 e. The van der Waals surface area contributed by atoms with Crippen molar-refractivity contribution < 1.29 is 19.1 Å². The number of rotatable bonds is 7. The van der Waals surface area contributed by atoms with E-state index >= 15 is 0 Å². The summed E-state index contributed by atoms with van der Waals surface area (Å²) in [6, 6.07) is 13.7. The average Bonchev–Trinajstić information content (AvgIpc) is 3.10. The van der Waals surface area contributed by atoms with Crippen LogP contribution in [-0.2, 0) is 14.4 Å². The molecule has 3 rings (SSSR count). The number of anilines is 2. The third kappa shape index (κ3) is 5.48. The van der Waals surface area contributed by atoms with E-state index in [1.807, 2.05) is 6.92 Å². The van der Waals surface area contributed by atoms with Crippen molar-refractivity contribution in [3.63, 3.8) is 0 Å². The highest BCUT2D eigenvalue weighted by molar-refractivity contribution is 6.30. The van der Waals surface area contributed by atoms with Crippen LogP contribution in [0.3, 0.4) is 0 Å². The van der Waals surface area contributed by atoms with Gasteiger partial charge < -0.3 is 20.3 Å². The van der Waals surface area contributed by atoms with E-state index in [0.29, 0.717) is 29.5 Å². The molecule has 2 aromatic carbocycles. The van der Waals surface area contributed by atoms with Gasteiger partial charge in [-0.3, -0.25) is 14.4 Å². The van der Waals surface area contributed by atoms with Gasteiger partial charge in [0.25, 0.3) is 5.91 Å². The minimum absolute atomic E-state index is 0.0652. The van der Waals surface area contributed by atoms with Crippen molar-refractivity contribution in [2.24, 2.45) is 5.92 Å². The summed E-state index contributed by atoms with van der Waals surface area (Å²) in [5.74, 6) is -0.417. The topological polar surface area (TPSA) is 87.7 Å². The van der Waals surface area contributed by atoms with Crippen molar-refractivity contribution in [1.29, 1.82) is 0 Å². The summed E-state index contributed by atoms with van der Waals surface area (Å²) in [6.45, 7) is 2.64. The number of ether oxygens (including phenoxy) is 1. The first-order valence-corrected chi connectivity index (χ1v) is 9.70. The quantitative estimate of drug-likeness (QED) is 0.727. The van der Waals surface area contributed by atoms with E-state index in [1.165, 1.54) is 0 Å². The van der Waals surface area contributed by atoms with Gasteiger partial charge in [-0.15, -0.1) is 0 Å². The van der Waals surface area contributed by atoms with E-state index < -0.39 is 5.92 Å². The van der Waals surface area contributed by atoms with Crippen LogP contribution >= 0.6 is 11.6 Å². The summed E-state index contributed by atoms with van der Waals surface area (Å²) in [6.07, 6.45) is 0.155. The van der Waals surface area contributed by atoms with Crippen molar-refractivity contribution in [3.05, 3.63) is 53.6 Å². The number of likely N-dealkylation sites (N-methyl/N-ethyl adjacent to an activating group) is 1. The number of hydrogen-bond donors (Lipinski definition) is 2. The number of halogens is 1. The molecule has 1 aliphatic rings. The molecule has 2 aromatic rings. The van der Waals surface area contributed by atoms with Crippen LogP contribution in [0.5, 0.6) is 5.75 Å². The van der Waals surface area contributed by atoms with E-state index in [-0.39, 0.29) is 30.7 Å². The van der Waals surface area contributed by atoms with E-state index in [4.69, 9.17) is 16.3 Å². The van der Waals surface area contributed by atoms with Crippen LogP contribution in [-0.4, -0.2) is 37.4 Å². The molecular weight excluding hydrogens is 394 g/mol. The molecule has 1 unspecified atom stereocenters. The third-order valence-corrected chi connectivity index (χ3v) is 4.75. The molecule has 1 aliphatic heterocycles. The number of carbonyl (C=O) groups is 3. The van der Waals surface area contributed by atoms with Crippen LogP contribution < -0.4 is 20.3 Å². The molecule has 0 aromatic heterocycles. The summed E-state index contributed by atoms with van der Waals surface area (Å²) in [5, 5.41) is 6.06. The monoisotopic (exact) mass is 415 g/mol. The van der Waals surface area contributed by atoms with Crippen molar-refractivity contribution in [3.8, 4) is 5.75 Å². The zero-order valence-corrected chi connectivity index (χ0v) is 16.7. The molecule has 0 radical (unpaired) electrons. The summed E-state index contributed by atoms with van der Waals surface area (Å²) >= 11 is 5.89. The highest BCUT2D eigenvalue weighted by Gasteiger charge is 2.35. The molecule has 0 bridgehead atoms. The first-order chi connectivity index (χ1) is 14.0. The smallest absolute Gasteiger partial charge is 0.257 e. The fourth-order valence-electron chi connectivity index (χ4n) is 3.03. The number of carbonyl (C=O) groups excluding carboxylic acids is 3. The van der Waals surface area contributed by atoms with Gasteiger partial charge in [0.15, 0.2) is 6.61 Å². The number of nitrogens with one attached hydrogen (secondary N) is 2. The Hall–Kier alpha value is -3.06. The Balaban J connectivity index is 1.54. The molecule has 1 atom stereocenters. The summed E-state index contributed by atoms with van der Waals surface area (Å²) < 4.78 is 5.38. The lowest BCUT2D eigenvalue weighted by Crippen LogP contribution is -2.28. The number of amides is 3. The molecule has 0 spiro atoms. The van der Waals surface area contributed by atoms with E-state index in [9.17, 15) is 14.4 Å². The summed E-state index contributed by atoms with van der Waals surface area (Å²) in [5.41, 5.74) is 1.32. The molecule has 0 saturated carbocycles. The van der Waals surface area contributed by atoms with Gasteiger partial charge in [0.05, 0.1) is 5.92 Å². The number of hydrogen-bond acceptors (Lipinski definition) is 4. The van der Waals surface area contributed by atoms with Crippen molar-refractivity contribution in [2.45, 2.75) is 13.3 Å². The molecule has 1 saturated heterocycles. The zero-order valence-electron chi connectivity index (χ0n) is 16.0. The molecule has 1 heterocycles. The first kappa shape index (κ1) is 20.7. The molecule has 3 amide bonds. The minimum atomic E-state index is -0.438. The Kier molecular flexibility index (Phi) is 6.72. The van der Waals surface area contributed by atoms with Crippen molar-refractivity contribution in [1.82, 2.24) is 5.32 Å². The predicted molar refractivity (Wildman–Crippen MR) is 111 cm³/mol. The second-order valence-corrected chi connectivity index (χ2v) is 7.07. The number of nitrogens with zero attached hydrogens (tertiary/aromatic N) is 1. The summed E-state index contributed by atoms with van der Waals surface area (Å²) in [7, 11) is 0. The van der Waals surface area contributed by atoms with E-state index in [2.05, 4.69) is 10.6 Å². The van der Waals surface area contributed by atoms with Gasteiger partial charge >= 0.3 is 0 Å². The highest BCUT2D eigenvalue weighted by atomic mass is 35.5. The normalized spacial score (nSPS) is 15.9. The Bertz CT molecular complexity index is 884. The molecule has 1 fully saturated rings. The Morgan fingerprint density at radius 3 is 2.48 bits per heavy atom. The van der Waals surface area contributed by atoms with Crippen LogP contribution in [0.1, 0.15) is 13.3 Å². The Labute approximate surface area is 174 Å². The fourth-order valence-corrected chi connectivity index (χ4v) is 3.16. The van der Waals surface area contributed by atoms with Gasteiger partial charge in [0.1, 0.15) is 5.75 Å². The van der Waals surface area contributed by atoms with Crippen LogP contribution in [0, 0.1) is 5.92 Å². The van der Waals surface area contributed by atoms with Gasteiger partial charge in [0.2, 0.25) is 11.8 Å². The van der Waals surface area contributed by atoms with Gasteiger partial charge in [-0.1, -0.05) is 11.6 Å². The third-order valence-electron chi connectivity index (χ3n) is 4.50. The van der Waals surface area contributed by atoms with Crippen molar-refractivity contribution in [2.75, 3.05) is 29.9 Å². The maximum absolute atomic E-state index is 12.6. The molecule has 0 aliphatic carbocycles. The van der Waals surface area contributed by atoms with Crippen LogP contribution in [0.15, 0.2) is 48.5 Å². The number of benzene rings is 2. The van der Waals surface area contributed by atoms with Gasteiger partial charge in [0, 0.05) is 35.9 Å². The van der Waals surface area contributed by atoms with Gasteiger partial charge in [-0.05, 0) is 55.5 Å². The van der Waals surface area contributed by atoms with Crippen LogP contribution in [0.4, 0.5) is 11.4 Å². The SMILES string of the molecule is CCNC(=O)COc1ccc(NC(=O)C2CC(=O)N(c3ccc(Cl)cc3)C2)cc1. The van der Waals surface area contributed by atoms with Gasteiger partial charge in [-0.2, -0.15) is 0 Å². The van der Waals surface area contributed by atoms with E-state index in [0.717, 1.165) is 5.69 Å². The molecule has 2 N–H and O–H groups in total. The first-order valence-electron chi connectivity index (χ1n) is 9.32. The molecular formula is C21H22ClN3O4. The largest absolute Gasteiger partial charge is 0.484 e. The Morgan fingerprint density at radius 2 is 1.83 bits per heavy atom. The zero-order chi connectivity index (χ0) is 20.8. The lowest BCUT2D eigenvalue weighted by atomic mass is 10.1. The van der Waals surface area contributed by atoms with Gasteiger partial charge in [-0.25, -0.2) is 0 Å². The standard InChI is InChI=1S/C21H22ClN3O4/c1-2-23-19(26)13-29-18-9-5-16(6-10-18)24-21(28)14-11-20(27)25(12-14)17-7-3-15(22)4-8-17/h3-10,14H,2,11-13H2,1H3,(H,23,26)(H,24,28). The van der Waals surface area contributed by atoms with E-state index in [1.54, 1.807) is 53.4 Å². The van der Waals surface area contributed by atoms with Crippen LogP contribution in [0.2, 0.25) is 5.02 Å². The fraction of sp³-hybridized carbons (Fsp3) is 0.286. The molecule has 152 valence electrons. The summed E-state index contributed by atoms with van der Waals surface area (Å²) in [4.78, 5) is 37.9. The second-order valence-electron chi connectivity index (χ2n) is 6.64. The predicted octanol–water partition coefficient (Wildman–Crippen LogP) is 2.85. The second kappa shape index (κ2) is 9.43. The van der Waals surface area contributed by atoms with Crippen molar-refractivity contribution >= 4 is 40.7 Å². The average molecular weight is 416 g/mol. The maximum Gasteiger partial charge on any atom is 0.257 e. The molecule has 29 heavy (non-hydrogen) atoms. The molecule has 8 heteroatoms.